The van der Waals surface area contributed by atoms with E-state index in [-0.39, 0.29) is 0 Å². The van der Waals surface area contributed by atoms with Crippen LogP contribution >= 0.6 is 15.9 Å². The quantitative estimate of drug-likeness (QED) is 0.801. The van der Waals surface area contributed by atoms with Crippen molar-refractivity contribution in [2.75, 3.05) is 7.11 Å². The van der Waals surface area contributed by atoms with Gasteiger partial charge in [0.15, 0.2) is 0 Å². The van der Waals surface area contributed by atoms with E-state index in [0.717, 1.165) is 22.2 Å². The van der Waals surface area contributed by atoms with E-state index in [9.17, 15) is 5.11 Å². The van der Waals surface area contributed by atoms with Gasteiger partial charge in [0.2, 0.25) is 0 Å². The summed E-state index contributed by atoms with van der Waals surface area (Å²) in [6, 6.07) is 5.83. The molecule has 2 nitrogen and oxygen atoms in total. The molecule has 1 aromatic carbocycles. The Bertz CT molecular complexity index is 398. The molecule has 1 aromatic rings. The fourth-order valence-electron chi connectivity index (χ4n) is 3.01. The molecule has 0 bridgehead atoms. The lowest BCUT2D eigenvalue weighted by molar-refractivity contribution is 0.136. The Hall–Kier alpha value is -0.540. The lowest BCUT2D eigenvalue weighted by Gasteiger charge is -2.20. The van der Waals surface area contributed by atoms with Crippen molar-refractivity contribution in [2.24, 2.45) is 5.92 Å². The molecule has 1 saturated carbocycles. The van der Waals surface area contributed by atoms with Crippen molar-refractivity contribution in [2.45, 2.75) is 51.0 Å². The maximum Gasteiger partial charge on any atom is 0.124 e. The first-order chi connectivity index (χ1) is 9.20. The minimum absolute atomic E-state index is 0.421. The van der Waals surface area contributed by atoms with Crippen molar-refractivity contribution in [3.8, 4) is 5.75 Å². The molecule has 0 aliphatic heterocycles. The maximum atomic E-state index is 10.5. The zero-order valence-corrected chi connectivity index (χ0v) is 13.2. The summed E-state index contributed by atoms with van der Waals surface area (Å²) in [6.07, 6.45) is 8.28. The van der Waals surface area contributed by atoms with Gasteiger partial charge < -0.3 is 9.84 Å². The third kappa shape index (κ3) is 4.22. The number of hydrogen-bond donors (Lipinski definition) is 1. The molecule has 0 radical (unpaired) electrons. The lowest BCUT2D eigenvalue weighted by Crippen LogP contribution is -2.08. The Morgan fingerprint density at radius 2 is 1.95 bits per heavy atom. The van der Waals surface area contributed by atoms with E-state index < -0.39 is 6.10 Å². The van der Waals surface area contributed by atoms with Crippen LogP contribution in [0.25, 0.3) is 0 Å². The number of aliphatic hydroxyl groups is 1. The summed E-state index contributed by atoms with van der Waals surface area (Å²) in [5, 5.41) is 10.5. The van der Waals surface area contributed by atoms with Gasteiger partial charge in [0, 0.05) is 10.0 Å². The number of benzene rings is 1. The van der Waals surface area contributed by atoms with Crippen LogP contribution in [0.4, 0.5) is 0 Å². The van der Waals surface area contributed by atoms with Gasteiger partial charge in [-0.2, -0.15) is 0 Å². The van der Waals surface area contributed by atoms with Crippen LogP contribution in [-0.4, -0.2) is 12.2 Å². The van der Waals surface area contributed by atoms with Gasteiger partial charge in [-0.05, 0) is 30.5 Å². The summed E-state index contributed by atoms with van der Waals surface area (Å²) in [6.45, 7) is 0. The molecule has 0 spiro atoms. The molecule has 106 valence electrons. The van der Waals surface area contributed by atoms with Crippen molar-refractivity contribution >= 4 is 15.9 Å². The second kappa shape index (κ2) is 7.30. The van der Waals surface area contributed by atoms with Gasteiger partial charge in [0.05, 0.1) is 13.2 Å². The first-order valence-electron chi connectivity index (χ1n) is 7.22. The number of halogens is 1. The number of ether oxygens (including phenoxy) is 1. The molecule has 1 aliphatic rings. The van der Waals surface area contributed by atoms with Crippen molar-refractivity contribution in [3.05, 3.63) is 28.2 Å². The Kier molecular flexibility index (Phi) is 5.71. The molecule has 3 heteroatoms. The Morgan fingerprint density at radius 3 is 2.58 bits per heavy atom. The van der Waals surface area contributed by atoms with E-state index >= 15 is 0 Å². The van der Waals surface area contributed by atoms with E-state index in [1.807, 2.05) is 18.2 Å². The highest BCUT2D eigenvalue weighted by atomic mass is 79.9. The van der Waals surface area contributed by atoms with Gasteiger partial charge in [-0.3, -0.25) is 0 Å². The van der Waals surface area contributed by atoms with Gasteiger partial charge in [-0.15, -0.1) is 0 Å². The molecule has 1 fully saturated rings. The molecule has 1 aliphatic carbocycles. The summed E-state index contributed by atoms with van der Waals surface area (Å²) in [5.74, 6) is 1.44. The number of hydrogen-bond acceptors (Lipinski definition) is 2. The van der Waals surface area contributed by atoms with Crippen LogP contribution in [0.15, 0.2) is 22.7 Å². The van der Waals surface area contributed by atoms with Gasteiger partial charge in [0.25, 0.3) is 0 Å². The monoisotopic (exact) mass is 326 g/mol. The summed E-state index contributed by atoms with van der Waals surface area (Å²) in [4.78, 5) is 0. The van der Waals surface area contributed by atoms with Crippen molar-refractivity contribution in [3.63, 3.8) is 0 Å². The predicted octanol–water partition coefficient (Wildman–Crippen LogP) is 4.85. The largest absolute Gasteiger partial charge is 0.496 e. The predicted molar refractivity (Wildman–Crippen MR) is 81.5 cm³/mol. The third-order valence-corrected chi connectivity index (χ3v) is 4.58. The summed E-state index contributed by atoms with van der Waals surface area (Å²) < 4.78 is 6.34. The van der Waals surface area contributed by atoms with Crippen LogP contribution in [0.1, 0.15) is 56.6 Å². The summed E-state index contributed by atoms with van der Waals surface area (Å²) >= 11 is 3.46. The zero-order valence-electron chi connectivity index (χ0n) is 11.6. The molecule has 1 atom stereocenters. The smallest absolute Gasteiger partial charge is 0.124 e. The van der Waals surface area contributed by atoms with Gasteiger partial charge in [0.1, 0.15) is 5.75 Å². The highest BCUT2D eigenvalue weighted by molar-refractivity contribution is 9.10. The van der Waals surface area contributed by atoms with Gasteiger partial charge in [-0.25, -0.2) is 0 Å². The SMILES string of the molecule is COc1ccc(Br)cc1C(O)CC1CCCCCC1. The minimum atomic E-state index is -0.421. The van der Waals surface area contributed by atoms with Crippen molar-refractivity contribution in [1.82, 2.24) is 0 Å². The van der Waals surface area contributed by atoms with Crippen LogP contribution in [-0.2, 0) is 0 Å². The van der Waals surface area contributed by atoms with Crippen LogP contribution in [0.5, 0.6) is 5.75 Å². The van der Waals surface area contributed by atoms with Gasteiger partial charge >= 0.3 is 0 Å². The molecule has 0 amide bonds. The third-order valence-electron chi connectivity index (χ3n) is 4.08. The van der Waals surface area contributed by atoms with Crippen molar-refractivity contribution < 1.29 is 9.84 Å². The maximum absolute atomic E-state index is 10.5. The number of rotatable bonds is 4. The molecular weight excluding hydrogens is 304 g/mol. The zero-order chi connectivity index (χ0) is 13.7. The van der Waals surface area contributed by atoms with E-state index in [4.69, 9.17) is 4.74 Å². The second-order valence-electron chi connectivity index (χ2n) is 5.50. The van der Waals surface area contributed by atoms with E-state index in [1.165, 1.54) is 38.5 Å². The molecule has 0 heterocycles. The fraction of sp³-hybridized carbons (Fsp3) is 0.625. The Morgan fingerprint density at radius 1 is 1.26 bits per heavy atom. The molecular formula is C16H23BrO2. The van der Waals surface area contributed by atoms with Crippen molar-refractivity contribution in [1.29, 1.82) is 0 Å². The molecule has 19 heavy (non-hydrogen) atoms. The average molecular weight is 327 g/mol. The standard InChI is InChI=1S/C16H23BrO2/c1-19-16-9-8-13(17)11-14(16)15(18)10-12-6-4-2-3-5-7-12/h8-9,11-12,15,18H,2-7,10H2,1H3. The average Bonchev–Trinajstić information content (AvgIpc) is 2.67. The summed E-state index contributed by atoms with van der Waals surface area (Å²) in [7, 11) is 1.66. The number of methoxy groups -OCH3 is 1. The lowest BCUT2D eigenvalue weighted by atomic mass is 9.91. The van der Waals surface area contributed by atoms with Crippen LogP contribution < -0.4 is 4.74 Å². The molecule has 0 saturated heterocycles. The van der Waals surface area contributed by atoms with E-state index in [0.29, 0.717) is 5.92 Å². The normalized spacial score (nSPS) is 18.9. The van der Waals surface area contributed by atoms with Crippen LogP contribution in [0.3, 0.4) is 0 Å². The Balaban J connectivity index is 2.05. The van der Waals surface area contributed by atoms with E-state index in [2.05, 4.69) is 15.9 Å². The minimum Gasteiger partial charge on any atom is -0.496 e. The number of aliphatic hydroxyl groups excluding tert-OH is 1. The molecule has 1 N–H and O–H groups in total. The topological polar surface area (TPSA) is 29.5 Å². The highest BCUT2D eigenvalue weighted by Gasteiger charge is 2.20. The molecule has 0 aromatic heterocycles. The van der Waals surface area contributed by atoms with E-state index in [1.54, 1.807) is 7.11 Å². The fourth-order valence-corrected chi connectivity index (χ4v) is 3.39. The van der Waals surface area contributed by atoms with Gasteiger partial charge in [-0.1, -0.05) is 54.5 Å². The van der Waals surface area contributed by atoms with Crippen LogP contribution in [0.2, 0.25) is 0 Å². The first kappa shape index (κ1) is 14.9. The highest BCUT2D eigenvalue weighted by Crippen LogP contribution is 2.35. The summed E-state index contributed by atoms with van der Waals surface area (Å²) in [5.41, 5.74) is 0.904. The first-order valence-corrected chi connectivity index (χ1v) is 8.01. The molecule has 2 rings (SSSR count). The second-order valence-corrected chi connectivity index (χ2v) is 6.41. The van der Waals surface area contributed by atoms with Crippen LogP contribution in [0, 0.1) is 5.92 Å². The molecule has 1 unspecified atom stereocenters. The Labute approximate surface area is 124 Å².